The lowest BCUT2D eigenvalue weighted by Gasteiger charge is -2.25. The van der Waals surface area contributed by atoms with Crippen molar-refractivity contribution in [1.29, 1.82) is 5.26 Å². The highest BCUT2D eigenvalue weighted by Crippen LogP contribution is 2.40. The Kier molecular flexibility index (Phi) is 8.24. The number of nitriles is 1. The van der Waals surface area contributed by atoms with Crippen LogP contribution in [0.25, 0.3) is 0 Å². The summed E-state index contributed by atoms with van der Waals surface area (Å²) in [6, 6.07) is 20.7. The minimum Gasteiger partial charge on any atom is -0.406 e. The van der Waals surface area contributed by atoms with Gasteiger partial charge in [0, 0.05) is 23.8 Å². The molecular formula is C28H25ClF3N3O2. The molecule has 5 nitrogen and oxygen atoms in total. The van der Waals surface area contributed by atoms with Crippen LogP contribution in [0.3, 0.4) is 0 Å². The molecule has 0 atom stereocenters. The van der Waals surface area contributed by atoms with Crippen molar-refractivity contribution in [3.63, 3.8) is 0 Å². The first-order valence-corrected chi connectivity index (χ1v) is 12.2. The van der Waals surface area contributed by atoms with Gasteiger partial charge in [-0.1, -0.05) is 48.0 Å². The third kappa shape index (κ3) is 7.64. The summed E-state index contributed by atoms with van der Waals surface area (Å²) in [5, 5.41) is 12.3. The predicted octanol–water partition coefficient (Wildman–Crippen LogP) is 6.94. The Morgan fingerprint density at radius 2 is 1.84 bits per heavy atom. The van der Waals surface area contributed by atoms with Gasteiger partial charge in [-0.25, -0.2) is 0 Å². The number of halogens is 4. The van der Waals surface area contributed by atoms with E-state index < -0.39 is 6.36 Å². The maximum Gasteiger partial charge on any atom is 0.573 e. The summed E-state index contributed by atoms with van der Waals surface area (Å²) in [5.74, 6) is -0.00789. The van der Waals surface area contributed by atoms with Crippen LogP contribution in [-0.2, 0) is 13.0 Å². The molecule has 4 rings (SSSR count). The zero-order valence-corrected chi connectivity index (χ0v) is 20.6. The number of carbonyl (C=O) groups excluding carboxylic acids is 1. The van der Waals surface area contributed by atoms with Crippen molar-refractivity contribution in [2.75, 3.05) is 18.4 Å². The summed E-state index contributed by atoms with van der Waals surface area (Å²) in [4.78, 5) is 15.3. The molecule has 1 N–H and O–H groups in total. The molecule has 0 spiro atoms. The maximum absolute atomic E-state index is 13.7. The molecule has 1 aliphatic carbocycles. The van der Waals surface area contributed by atoms with Gasteiger partial charge in [0.25, 0.3) is 5.91 Å². The minimum absolute atomic E-state index is 0.0105. The summed E-state index contributed by atoms with van der Waals surface area (Å²) >= 11 is 6.19. The summed E-state index contributed by atoms with van der Waals surface area (Å²) in [7, 11) is 0. The average Bonchev–Trinajstić information content (AvgIpc) is 3.70. The number of alkyl halides is 3. The molecule has 192 valence electrons. The van der Waals surface area contributed by atoms with Gasteiger partial charge < -0.3 is 15.0 Å². The van der Waals surface area contributed by atoms with E-state index in [1.165, 1.54) is 36.6 Å². The highest BCUT2D eigenvalue weighted by atomic mass is 35.5. The Bertz CT molecular complexity index is 1290. The second-order valence-corrected chi connectivity index (χ2v) is 9.33. The second-order valence-electron chi connectivity index (χ2n) is 8.89. The lowest BCUT2D eigenvalue weighted by atomic mass is 10.1. The van der Waals surface area contributed by atoms with Crippen LogP contribution in [0.1, 0.15) is 45.8 Å². The number of carbonyl (C=O) groups is 1. The molecule has 1 aliphatic rings. The average molecular weight is 528 g/mol. The number of ether oxygens (including phenoxy) is 1. The number of nitrogens with one attached hydrogen (secondary N) is 1. The first-order chi connectivity index (χ1) is 17.7. The Labute approximate surface area is 218 Å². The van der Waals surface area contributed by atoms with Gasteiger partial charge in [0.1, 0.15) is 12.3 Å². The Morgan fingerprint density at radius 1 is 1.08 bits per heavy atom. The Balaban J connectivity index is 1.57. The predicted molar refractivity (Wildman–Crippen MR) is 136 cm³/mol. The van der Waals surface area contributed by atoms with Gasteiger partial charge in [0.15, 0.2) is 0 Å². The van der Waals surface area contributed by atoms with Crippen molar-refractivity contribution in [2.45, 2.75) is 38.1 Å². The number of hydrogen-bond donors (Lipinski definition) is 1. The molecule has 0 aliphatic heterocycles. The van der Waals surface area contributed by atoms with Gasteiger partial charge in [0.05, 0.1) is 11.6 Å². The molecular weight excluding hydrogens is 503 g/mol. The van der Waals surface area contributed by atoms with E-state index in [-0.39, 0.29) is 24.7 Å². The van der Waals surface area contributed by atoms with E-state index in [9.17, 15) is 18.0 Å². The van der Waals surface area contributed by atoms with E-state index in [2.05, 4.69) is 22.2 Å². The highest BCUT2D eigenvalue weighted by molar-refractivity contribution is 6.31. The number of nitrogens with zero attached hydrogens (tertiary/aromatic N) is 2. The van der Waals surface area contributed by atoms with Gasteiger partial charge in [0.2, 0.25) is 0 Å². The quantitative estimate of drug-likeness (QED) is 0.290. The van der Waals surface area contributed by atoms with Crippen molar-refractivity contribution in [2.24, 2.45) is 0 Å². The van der Waals surface area contributed by atoms with Crippen molar-refractivity contribution in [3.8, 4) is 11.8 Å². The largest absolute Gasteiger partial charge is 0.573 e. The number of anilines is 1. The SMILES string of the molecule is N#CCNc1ccc(Cl)cc1C(=O)N(CCc1cccc(OC(F)(F)F)c1)Cc1ccc(C2CC2)cc1. The van der Waals surface area contributed by atoms with Gasteiger partial charge in [-0.3, -0.25) is 4.79 Å². The van der Waals surface area contributed by atoms with E-state index in [1.807, 2.05) is 18.2 Å². The fraction of sp³-hybridized carbons (Fsp3) is 0.286. The first kappa shape index (κ1) is 26.4. The van der Waals surface area contributed by atoms with E-state index in [0.717, 1.165) is 5.56 Å². The lowest BCUT2D eigenvalue weighted by molar-refractivity contribution is -0.274. The standard InChI is InChI=1S/C28H25ClF3N3O2/c29-23-10-11-26(34-14-13-33)25(17-23)27(36)35(18-20-4-6-21(7-5-20)22-8-9-22)15-12-19-2-1-3-24(16-19)37-28(30,31)32/h1-7,10-11,16-17,22,34H,8-9,12,14-15,18H2. The van der Waals surface area contributed by atoms with Crippen LogP contribution < -0.4 is 10.1 Å². The van der Waals surface area contributed by atoms with E-state index in [1.54, 1.807) is 29.2 Å². The fourth-order valence-electron chi connectivity index (χ4n) is 4.10. The molecule has 1 amide bonds. The van der Waals surface area contributed by atoms with Gasteiger partial charge in [-0.05, 0) is 72.2 Å². The van der Waals surface area contributed by atoms with Crippen LogP contribution in [0.15, 0.2) is 66.7 Å². The molecule has 37 heavy (non-hydrogen) atoms. The Morgan fingerprint density at radius 3 is 2.51 bits per heavy atom. The van der Waals surface area contributed by atoms with Crippen LogP contribution in [0.5, 0.6) is 5.75 Å². The molecule has 0 aromatic heterocycles. The molecule has 0 bridgehead atoms. The van der Waals surface area contributed by atoms with Gasteiger partial charge in [-0.2, -0.15) is 5.26 Å². The minimum atomic E-state index is -4.79. The number of benzene rings is 3. The smallest absolute Gasteiger partial charge is 0.406 e. The molecule has 0 heterocycles. The van der Waals surface area contributed by atoms with Crippen molar-refractivity contribution < 1.29 is 22.7 Å². The van der Waals surface area contributed by atoms with Gasteiger partial charge >= 0.3 is 6.36 Å². The van der Waals surface area contributed by atoms with Crippen LogP contribution in [0.4, 0.5) is 18.9 Å². The first-order valence-electron chi connectivity index (χ1n) is 11.8. The third-order valence-electron chi connectivity index (χ3n) is 6.06. The molecule has 1 fully saturated rings. The zero-order valence-electron chi connectivity index (χ0n) is 19.9. The highest BCUT2D eigenvalue weighted by Gasteiger charge is 2.31. The van der Waals surface area contributed by atoms with Gasteiger partial charge in [-0.15, -0.1) is 13.2 Å². The van der Waals surface area contributed by atoms with Crippen LogP contribution in [-0.4, -0.2) is 30.3 Å². The van der Waals surface area contributed by atoms with Crippen LogP contribution in [0.2, 0.25) is 5.02 Å². The zero-order chi connectivity index (χ0) is 26.4. The summed E-state index contributed by atoms with van der Waals surface area (Å²) in [6.45, 7) is 0.548. The van der Waals surface area contributed by atoms with Crippen molar-refractivity contribution in [1.82, 2.24) is 4.90 Å². The molecule has 3 aromatic carbocycles. The van der Waals surface area contributed by atoms with E-state index in [0.29, 0.717) is 40.7 Å². The normalized spacial score (nSPS) is 13.1. The maximum atomic E-state index is 13.7. The van der Waals surface area contributed by atoms with E-state index in [4.69, 9.17) is 16.9 Å². The molecule has 0 unspecified atom stereocenters. The fourth-order valence-corrected chi connectivity index (χ4v) is 4.27. The van der Waals surface area contributed by atoms with Crippen molar-refractivity contribution in [3.05, 3.63) is 94.0 Å². The van der Waals surface area contributed by atoms with Crippen LogP contribution >= 0.6 is 11.6 Å². The third-order valence-corrected chi connectivity index (χ3v) is 6.30. The number of rotatable bonds is 10. The van der Waals surface area contributed by atoms with Crippen LogP contribution in [0, 0.1) is 11.3 Å². The molecule has 9 heteroatoms. The topological polar surface area (TPSA) is 65.4 Å². The molecule has 0 radical (unpaired) electrons. The monoisotopic (exact) mass is 527 g/mol. The number of hydrogen-bond acceptors (Lipinski definition) is 4. The summed E-state index contributed by atoms with van der Waals surface area (Å²) in [6.07, 6.45) is -2.10. The molecule has 0 saturated heterocycles. The molecule has 3 aromatic rings. The second kappa shape index (κ2) is 11.6. The summed E-state index contributed by atoms with van der Waals surface area (Å²) < 4.78 is 42.0. The molecule has 1 saturated carbocycles. The summed E-state index contributed by atoms with van der Waals surface area (Å²) in [5.41, 5.74) is 3.59. The number of amides is 1. The van der Waals surface area contributed by atoms with Crippen molar-refractivity contribution >= 4 is 23.2 Å². The lowest BCUT2D eigenvalue weighted by Crippen LogP contribution is -2.33. The van der Waals surface area contributed by atoms with E-state index >= 15 is 0 Å². The Hall–Kier alpha value is -3.70.